The van der Waals surface area contributed by atoms with E-state index in [9.17, 15) is 4.79 Å². The molecule has 1 saturated heterocycles. The monoisotopic (exact) mass is 380 g/mol. The highest BCUT2D eigenvalue weighted by molar-refractivity contribution is 5.91. The van der Waals surface area contributed by atoms with Crippen molar-refractivity contribution < 1.29 is 13.9 Å². The van der Waals surface area contributed by atoms with Crippen molar-refractivity contribution >= 4 is 12.0 Å². The first-order valence-electron chi connectivity index (χ1n) is 10.1. The fourth-order valence-electron chi connectivity index (χ4n) is 3.66. The molecule has 5 heteroatoms. The molecule has 2 aliphatic rings. The summed E-state index contributed by atoms with van der Waals surface area (Å²) in [5.74, 6) is 2.92. The van der Waals surface area contributed by atoms with Gasteiger partial charge in [0.1, 0.15) is 11.5 Å². The van der Waals surface area contributed by atoms with Gasteiger partial charge in [-0.1, -0.05) is 31.2 Å². The van der Waals surface area contributed by atoms with E-state index >= 15 is 0 Å². The predicted octanol–water partition coefficient (Wildman–Crippen LogP) is 3.56. The largest absolute Gasteiger partial charge is 0.461 e. The molecule has 0 radical (unpaired) electrons. The number of furan rings is 1. The minimum absolute atomic E-state index is 0.112. The highest BCUT2D eigenvalue weighted by Crippen LogP contribution is 2.47. The van der Waals surface area contributed by atoms with Crippen molar-refractivity contribution in [3.63, 3.8) is 0 Å². The van der Waals surface area contributed by atoms with Gasteiger partial charge in [0.25, 0.3) is 0 Å². The normalized spacial score (nSPS) is 22.5. The standard InChI is InChI=1S/C23H28N2O3/c1-17-14-21(17)22-8-6-20(28-22)7-9-23(26)24-15-18-4-2-3-5-19(18)16-25-10-12-27-13-11-25/h2-9,17,21H,10-16H2,1H3,(H,24,26)/b9-7+. The molecule has 2 aromatic rings. The van der Waals surface area contributed by atoms with E-state index < -0.39 is 0 Å². The number of nitrogens with zero attached hydrogens (tertiary/aromatic N) is 1. The molecule has 2 atom stereocenters. The Balaban J connectivity index is 1.30. The Bertz CT molecular complexity index is 836. The summed E-state index contributed by atoms with van der Waals surface area (Å²) in [5, 5.41) is 2.99. The van der Waals surface area contributed by atoms with E-state index in [2.05, 4.69) is 35.3 Å². The minimum atomic E-state index is -0.112. The Morgan fingerprint density at radius 1 is 1.18 bits per heavy atom. The molecule has 0 spiro atoms. The van der Waals surface area contributed by atoms with Crippen molar-refractivity contribution in [1.29, 1.82) is 0 Å². The molecule has 1 aliphatic carbocycles. The molecule has 1 aromatic heterocycles. The van der Waals surface area contributed by atoms with Gasteiger partial charge in [0.05, 0.1) is 13.2 Å². The topological polar surface area (TPSA) is 54.7 Å². The lowest BCUT2D eigenvalue weighted by Crippen LogP contribution is -2.36. The first-order chi connectivity index (χ1) is 13.7. The van der Waals surface area contributed by atoms with Crippen molar-refractivity contribution in [2.24, 2.45) is 5.92 Å². The van der Waals surface area contributed by atoms with Crippen LogP contribution in [0.3, 0.4) is 0 Å². The van der Waals surface area contributed by atoms with Crippen LogP contribution in [0.25, 0.3) is 6.08 Å². The molecule has 1 N–H and O–H groups in total. The number of nitrogens with one attached hydrogen (secondary N) is 1. The summed E-state index contributed by atoms with van der Waals surface area (Å²) < 4.78 is 11.2. The maximum Gasteiger partial charge on any atom is 0.244 e. The third-order valence-electron chi connectivity index (χ3n) is 5.59. The van der Waals surface area contributed by atoms with Crippen LogP contribution in [0.1, 0.15) is 41.9 Å². The first kappa shape index (κ1) is 19.0. The van der Waals surface area contributed by atoms with E-state index in [1.165, 1.54) is 12.0 Å². The lowest BCUT2D eigenvalue weighted by molar-refractivity contribution is -0.116. The predicted molar refractivity (Wildman–Crippen MR) is 109 cm³/mol. The van der Waals surface area contributed by atoms with Crippen LogP contribution in [-0.2, 0) is 22.6 Å². The van der Waals surface area contributed by atoms with Crippen LogP contribution in [-0.4, -0.2) is 37.1 Å². The number of hydrogen-bond donors (Lipinski definition) is 1. The number of hydrogen-bond acceptors (Lipinski definition) is 4. The van der Waals surface area contributed by atoms with Crippen molar-refractivity contribution in [1.82, 2.24) is 10.2 Å². The summed E-state index contributed by atoms with van der Waals surface area (Å²) >= 11 is 0. The van der Waals surface area contributed by atoms with Gasteiger partial charge in [0, 0.05) is 38.2 Å². The second-order valence-corrected chi connectivity index (χ2v) is 7.77. The maximum atomic E-state index is 12.2. The average molecular weight is 380 g/mol. The molecule has 148 valence electrons. The minimum Gasteiger partial charge on any atom is -0.461 e. The highest BCUT2D eigenvalue weighted by atomic mass is 16.5. The zero-order valence-corrected chi connectivity index (χ0v) is 16.4. The summed E-state index contributed by atoms with van der Waals surface area (Å²) in [6, 6.07) is 12.2. The van der Waals surface area contributed by atoms with Gasteiger partial charge in [-0.25, -0.2) is 0 Å². The number of ether oxygens (including phenoxy) is 1. The second kappa shape index (κ2) is 8.76. The molecule has 2 fully saturated rings. The number of amides is 1. The van der Waals surface area contributed by atoms with Crippen LogP contribution >= 0.6 is 0 Å². The molecule has 2 heterocycles. The maximum absolute atomic E-state index is 12.2. The van der Waals surface area contributed by atoms with E-state index in [0.717, 1.165) is 49.9 Å². The Morgan fingerprint density at radius 2 is 1.93 bits per heavy atom. The van der Waals surface area contributed by atoms with Crippen molar-refractivity contribution in [2.45, 2.75) is 32.4 Å². The molecule has 28 heavy (non-hydrogen) atoms. The second-order valence-electron chi connectivity index (χ2n) is 7.77. The van der Waals surface area contributed by atoms with Gasteiger partial charge in [0.15, 0.2) is 0 Å². The van der Waals surface area contributed by atoms with E-state index in [0.29, 0.717) is 18.4 Å². The van der Waals surface area contributed by atoms with Crippen molar-refractivity contribution in [3.8, 4) is 0 Å². The summed E-state index contributed by atoms with van der Waals surface area (Å²) in [6.07, 6.45) is 4.48. The Labute approximate surface area is 166 Å². The lowest BCUT2D eigenvalue weighted by atomic mass is 10.1. The molecular weight excluding hydrogens is 352 g/mol. The van der Waals surface area contributed by atoms with Crippen LogP contribution < -0.4 is 5.32 Å². The number of morpholine rings is 1. The van der Waals surface area contributed by atoms with Gasteiger partial charge in [0.2, 0.25) is 5.91 Å². The molecule has 1 amide bonds. The van der Waals surface area contributed by atoms with Gasteiger partial charge in [-0.3, -0.25) is 9.69 Å². The number of carbonyl (C=O) groups is 1. The SMILES string of the molecule is CC1CC1c1ccc(/C=C/C(=O)NCc2ccccc2CN2CCOCC2)o1. The van der Waals surface area contributed by atoms with Crippen LogP contribution in [0.2, 0.25) is 0 Å². The first-order valence-corrected chi connectivity index (χ1v) is 10.1. The summed E-state index contributed by atoms with van der Waals surface area (Å²) in [6.45, 7) is 7.12. The summed E-state index contributed by atoms with van der Waals surface area (Å²) in [4.78, 5) is 14.6. The van der Waals surface area contributed by atoms with E-state index in [1.807, 2.05) is 18.2 Å². The molecule has 1 aromatic carbocycles. The Hall–Kier alpha value is -2.37. The van der Waals surface area contributed by atoms with Crippen LogP contribution in [0.4, 0.5) is 0 Å². The average Bonchev–Trinajstić information content (AvgIpc) is 3.26. The fraction of sp³-hybridized carbons (Fsp3) is 0.435. The van der Waals surface area contributed by atoms with Gasteiger partial charge < -0.3 is 14.5 Å². The lowest BCUT2D eigenvalue weighted by Gasteiger charge is -2.27. The smallest absolute Gasteiger partial charge is 0.244 e. The zero-order chi connectivity index (χ0) is 19.3. The summed E-state index contributed by atoms with van der Waals surface area (Å²) in [7, 11) is 0. The van der Waals surface area contributed by atoms with Crippen molar-refractivity contribution in [2.75, 3.05) is 26.3 Å². The van der Waals surface area contributed by atoms with Gasteiger partial charge in [-0.2, -0.15) is 0 Å². The number of carbonyl (C=O) groups excluding carboxylic acids is 1. The van der Waals surface area contributed by atoms with Crippen LogP contribution in [0.15, 0.2) is 46.9 Å². The molecule has 2 unspecified atom stereocenters. The quantitative estimate of drug-likeness (QED) is 0.746. The van der Waals surface area contributed by atoms with Gasteiger partial charge in [-0.15, -0.1) is 0 Å². The third-order valence-corrected chi connectivity index (χ3v) is 5.59. The van der Waals surface area contributed by atoms with Gasteiger partial charge >= 0.3 is 0 Å². The molecular formula is C23H28N2O3. The van der Waals surface area contributed by atoms with Gasteiger partial charge in [-0.05, 0) is 41.7 Å². The molecule has 0 bridgehead atoms. The number of benzene rings is 1. The Kier molecular flexibility index (Phi) is 5.93. The van der Waals surface area contributed by atoms with E-state index in [4.69, 9.17) is 9.15 Å². The molecule has 4 rings (SSSR count). The van der Waals surface area contributed by atoms with Crippen LogP contribution in [0, 0.1) is 5.92 Å². The van der Waals surface area contributed by atoms with E-state index in [-0.39, 0.29) is 5.91 Å². The zero-order valence-electron chi connectivity index (χ0n) is 16.4. The van der Waals surface area contributed by atoms with Crippen molar-refractivity contribution in [3.05, 3.63) is 65.1 Å². The fourth-order valence-corrected chi connectivity index (χ4v) is 3.66. The van der Waals surface area contributed by atoms with E-state index in [1.54, 1.807) is 12.2 Å². The number of rotatable bonds is 7. The Morgan fingerprint density at radius 3 is 2.68 bits per heavy atom. The molecule has 5 nitrogen and oxygen atoms in total. The van der Waals surface area contributed by atoms with Crippen LogP contribution in [0.5, 0.6) is 0 Å². The molecule has 1 saturated carbocycles. The third kappa shape index (κ3) is 4.91. The summed E-state index contributed by atoms with van der Waals surface area (Å²) in [5.41, 5.74) is 2.40. The highest BCUT2D eigenvalue weighted by Gasteiger charge is 2.36. The molecule has 1 aliphatic heterocycles.